The van der Waals surface area contributed by atoms with Gasteiger partial charge in [0.15, 0.2) is 11.9 Å². The number of aromatic nitrogens is 3. The van der Waals surface area contributed by atoms with E-state index in [4.69, 9.17) is 9.26 Å². The molecular weight excluding hydrogens is 270 g/mol. The van der Waals surface area contributed by atoms with E-state index >= 15 is 0 Å². The molecule has 3 aromatic rings. The second kappa shape index (κ2) is 5.40. The first kappa shape index (κ1) is 13.4. The monoisotopic (exact) mass is 285 g/mol. The Kier molecular flexibility index (Phi) is 3.43. The van der Waals surface area contributed by atoms with Gasteiger partial charge in [0.2, 0.25) is 0 Å². The molecule has 0 saturated carbocycles. The third-order valence-corrected chi connectivity index (χ3v) is 3.18. The number of rotatable bonds is 4. The lowest BCUT2D eigenvalue weighted by molar-refractivity contribution is -0.150. The van der Waals surface area contributed by atoms with Gasteiger partial charge in [-0.1, -0.05) is 23.4 Å². The number of nitrogens with zero attached hydrogens (tertiary/aromatic N) is 3. The number of hydrogen-bond donors (Lipinski definition) is 0. The second-order valence-electron chi connectivity index (χ2n) is 4.81. The van der Waals surface area contributed by atoms with E-state index in [2.05, 4.69) is 10.1 Å². The lowest BCUT2D eigenvalue weighted by atomic mass is 10.2. The van der Waals surface area contributed by atoms with Crippen LogP contribution in [-0.2, 0) is 16.1 Å². The lowest BCUT2D eigenvalue weighted by Gasteiger charge is -2.10. The summed E-state index contributed by atoms with van der Waals surface area (Å²) in [5, 5.41) is 4.77. The molecule has 6 nitrogen and oxygen atoms in total. The summed E-state index contributed by atoms with van der Waals surface area (Å²) in [4.78, 5) is 16.1. The van der Waals surface area contributed by atoms with Gasteiger partial charge in [0.25, 0.3) is 5.89 Å². The fraction of sp³-hybridized carbons (Fsp3) is 0.267. The molecule has 0 amide bonds. The number of carbonyl (C=O) groups excluding carboxylic acids is 1. The minimum atomic E-state index is -0.555. The van der Waals surface area contributed by atoms with Crippen molar-refractivity contribution >= 4 is 16.9 Å². The van der Waals surface area contributed by atoms with E-state index in [0.29, 0.717) is 11.7 Å². The molecule has 1 atom stereocenters. The number of esters is 1. The van der Waals surface area contributed by atoms with Crippen LogP contribution in [0.5, 0.6) is 0 Å². The van der Waals surface area contributed by atoms with Crippen LogP contribution in [0.2, 0.25) is 0 Å². The number of hydrogen-bond acceptors (Lipinski definition) is 5. The van der Waals surface area contributed by atoms with E-state index in [1.165, 1.54) is 0 Å². The van der Waals surface area contributed by atoms with Crippen molar-refractivity contribution in [1.82, 2.24) is 14.7 Å². The molecule has 6 heteroatoms. The number of fused-ring (bicyclic) bond motifs is 1. The molecule has 1 unspecified atom stereocenters. The van der Waals surface area contributed by atoms with E-state index in [1.54, 1.807) is 13.8 Å². The molecule has 2 heterocycles. The van der Waals surface area contributed by atoms with Crippen LogP contribution < -0.4 is 0 Å². The fourth-order valence-corrected chi connectivity index (χ4v) is 2.18. The maximum atomic E-state index is 12.0. The van der Waals surface area contributed by atoms with Crippen LogP contribution >= 0.6 is 0 Å². The standard InChI is InChI=1S/C15H15N3O3/c1-10(15-16-11(2)17-21-15)20-14(19)9-18-8-7-12-5-3-4-6-13(12)18/h3-8,10H,9H2,1-2H3. The van der Waals surface area contributed by atoms with Crippen LogP contribution in [0.3, 0.4) is 0 Å². The summed E-state index contributed by atoms with van der Waals surface area (Å²) in [5.74, 6) is 0.474. The number of ether oxygens (including phenoxy) is 1. The van der Waals surface area contributed by atoms with Crippen molar-refractivity contribution in [2.75, 3.05) is 0 Å². The summed E-state index contributed by atoms with van der Waals surface area (Å²) in [6.07, 6.45) is 1.31. The minimum Gasteiger partial charge on any atom is -0.451 e. The first-order valence-corrected chi connectivity index (χ1v) is 6.67. The highest BCUT2D eigenvalue weighted by molar-refractivity contribution is 5.81. The number of benzene rings is 1. The number of para-hydroxylation sites is 1. The smallest absolute Gasteiger partial charge is 0.326 e. The van der Waals surface area contributed by atoms with Crippen molar-refractivity contribution in [2.45, 2.75) is 26.5 Å². The summed E-state index contributed by atoms with van der Waals surface area (Å²) >= 11 is 0. The van der Waals surface area contributed by atoms with Gasteiger partial charge in [-0.05, 0) is 31.4 Å². The lowest BCUT2D eigenvalue weighted by Crippen LogP contribution is -2.15. The van der Waals surface area contributed by atoms with Gasteiger partial charge >= 0.3 is 5.97 Å². The molecular formula is C15H15N3O3. The summed E-state index contributed by atoms with van der Waals surface area (Å²) < 4.78 is 12.2. The van der Waals surface area contributed by atoms with Gasteiger partial charge in [-0.25, -0.2) is 0 Å². The Morgan fingerprint density at radius 3 is 2.95 bits per heavy atom. The van der Waals surface area contributed by atoms with Crippen molar-refractivity contribution in [3.63, 3.8) is 0 Å². The molecule has 0 N–H and O–H groups in total. The van der Waals surface area contributed by atoms with Crippen molar-refractivity contribution in [3.8, 4) is 0 Å². The van der Waals surface area contributed by atoms with E-state index in [9.17, 15) is 4.79 Å². The summed E-state index contributed by atoms with van der Waals surface area (Å²) in [7, 11) is 0. The maximum absolute atomic E-state index is 12.0. The molecule has 1 aromatic carbocycles. The molecule has 0 bridgehead atoms. The summed E-state index contributed by atoms with van der Waals surface area (Å²) in [5.41, 5.74) is 0.996. The van der Waals surface area contributed by atoms with E-state index in [0.717, 1.165) is 10.9 Å². The maximum Gasteiger partial charge on any atom is 0.326 e. The normalized spacial score (nSPS) is 12.5. The van der Waals surface area contributed by atoms with E-state index < -0.39 is 6.10 Å². The Morgan fingerprint density at radius 2 is 2.19 bits per heavy atom. The quantitative estimate of drug-likeness (QED) is 0.689. The van der Waals surface area contributed by atoms with Gasteiger partial charge in [0.1, 0.15) is 6.54 Å². The van der Waals surface area contributed by atoms with Crippen LogP contribution in [0.1, 0.15) is 24.7 Å². The van der Waals surface area contributed by atoms with E-state index in [-0.39, 0.29) is 12.5 Å². The van der Waals surface area contributed by atoms with Gasteiger partial charge in [-0.2, -0.15) is 4.98 Å². The fourth-order valence-electron chi connectivity index (χ4n) is 2.18. The van der Waals surface area contributed by atoms with Gasteiger partial charge < -0.3 is 13.8 Å². The third kappa shape index (κ3) is 2.79. The first-order valence-electron chi connectivity index (χ1n) is 6.67. The van der Waals surface area contributed by atoms with E-state index in [1.807, 2.05) is 41.1 Å². The van der Waals surface area contributed by atoms with Gasteiger partial charge in [0.05, 0.1) is 0 Å². The van der Waals surface area contributed by atoms with Crippen molar-refractivity contribution in [2.24, 2.45) is 0 Å². The predicted octanol–water partition coefficient (Wildman–Crippen LogP) is 2.64. The van der Waals surface area contributed by atoms with Crippen molar-refractivity contribution in [3.05, 3.63) is 48.2 Å². The Hall–Kier alpha value is -2.63. The highest BCUT2D eigenvalue weighted by Gasteiger charge is 2.18. The summed E-state index contributed by atoms with van der Waals surface area (Å²) in [6.45, 7) is 3.57. The van der Waals surface area contributed by atoms with Crippen LogP contribution in [0.25, 0.3) is 10.9 Å². The van der Waals surface area contributed by atoms with Crippen molar-refractivity contribution in [1.29, 1.82) is 0 Å². The highest BCUT2D eigenvalue weighted by atomic mass is 16.6. The zero-order chi connectivity index (χ0) is 14.8. The van der Waals surface area contributed by atoms with Gasteiger partial charge in [-0.3, -0.25) is 4.79 Å². The molecule has 21 heavy (non-hydrogen) atoms. The van der Waals surface area contributed by atoms with Crippen LogP contribution in [0.15, 0.2) is 41.1 Å². The molecule has 0 fully saturated rings. The zero-order valence-electron chi connectivity index (χ0n) is 11.8. The Morgan fingerprint density at radius 1 is 1.38 bits per heavy atom. The molecule has 0 aliphatic rings. The largest absolute Gasteiger partial charge is 0.451 e. The molecule has 2 aromatic heterocycles. The third-order valence-electron chi connectivity index (χ3n) is 3.18. The molecule has 0 spiro atoms. The molecule has 3 rings (SSSR count). The van der Waals surface area contributed by atoms with Crippen molar-refractivity contribution < 1.29 is 14.1 Å². The summed E-state index contributed by atoms with van der Waals surface area (Å²) in [6, 6.07) is 9.83. The Labute approximate surface area is 121 Å². The first-order chi connectivity index (χ1) is 10.1. The second-order valence-corrected chi connectivity index (χ2v) is 4.81. The van der Waals surface area contributed by atoms with Crippen LogP contribution in [-0.4, -0.2) is 20.7 Å². The molecule has 0 aliphatic carbocycles. The van der Waals surface area contributed by atoms with Gasteiger partial charge in [0, 0.05) is 11.7 Å². The molecule has 0 saturated heterocycles. The topological polar surface area (TPSA) is 70.2 Å². The SMILES string of the molecule is Cc1noc(C(C)OC(=O)Cn2ccc3ccccc32)n1. The zero-order valence-corrected chi connectivity index (χ0v) is 11.8. The van der Waals surface area contributed by atoms with Gasteiger partial charge in [-0.15, -0.1) is 0 Å². The Bertz CT molecular complexity index is 775. The Balaban J connectivity index is 1.69. The highest BCUT2D eigenvalue weighted by Crippen LogP contribution is 2.17. The average molecular weight is 285 g/mol. The average Bonchev–Trinajstić information content (AvgIpc) is 3.06. The minimum absolute atomic E-state index is 0.144. The van der Waals surface area contributed by atoms with Crippen LogP contribution in [0.4, 0.5) is 0 Å². The molecule has 0 aliphatic heterocycles. The number of aryl methyl sites for hydroxylation is 1. The predicted molar refractivity (Wildman–Crippen MR) is 75.5 cm³/mol. The molecule has 108 valence electrons. The number of carbonyl (C=O) groups is 1. The molecule has 0 radical (unpaired) electrons. The van der Waals surface area contributed by atoms with Crippen LogP contribution in [0, 0.1) is 6.92 Å².